The fourth-order valence-electron chi connectivity index (χ4n) is 2.09. The van der Waals surface area contributed by atoms with Crippen molar-refractivity contribution >= 4 is 82.4 Å². The first-order chi connectivity index (χ1) is 14.8. The first-order valence-electron chi connectivity index (χ1n) is 8.97. The molecular weight excluding hydrogens is 502 g/mol. The number of halogens is 4. The third-order valence-electron chi connectivity index (χ3n) is 3.64. The van der Waals surface area contributed by atoms with Crippen LogP contribution >= 0.6 is 58.2 Å². The van der Waals surface area contributed by atoms with Crippen molar-refractivity contribution in [2.75, 3.05) is 11.5 Å². The van der Waals surface area contributed by atoms with Gasteiger partial charge in [0.15, 0.2) is 0 Å². The van der Waals surface area contributed by atoms with E-state index in [1.807, 2.05) is 0 Å². The molecular formula is C20H18Cl4N4O2S. The van der Waals surface area contributed by atoms with E-state index in [0.717, 1.165) is 11.1 Å². The largest absolute Gasteiger partial charge is 0.273 e. The average Bonchev–Trinajstić information content (AvgIpc) is 2.73. The number of carbonyl (C=O) groups excluding carboxylic acids is 2. The van der Waals surface area contributed by atoms with E-state index in [4.69, 9.17) is 46.4 Å². The van der Waals surface area contributed by atoms with Gasteiger partial charge in [0, 0.05) is 24.3 Å². The molecule has 0 saturated heterocycles. The number of hydrogen-bond donors (Lipinski definition) is 2. The second-order valence-corrected chi connectivity index (χ2v) is 8.90. The van der Waals surface area contributed by atoms with Crippen molar-refractivity contribution in [3.63, 3.8) is 0 Å². The summed E-state index contributed by atoms with van der Waals surface area (Å²) in [6, 6.07) is 10.1. The quantitative estimate of drug-likeness (QED) is 0.250. The normalized spacial score (nSPS) is 11.2. The number of thioether (sulfide) groups is 1. The summed E-state index contributed by atoms with van der Waals surface area (Å²) in [5, 5.41) is 9.48. The Labute approximate surface area is 204 Å². The van der Waals surface area contributed by atoms with E-state index in [9.17, 15) is 9.59 Å². The zero-order chi connectivity index (χ0) is 22.6. The third kappa shape index (κ3) is 9.93. The summed E-state index contributed by atoms with van der Waals surface area (Å²) in [6.07, 6.45) is 3.52. The summed E-state index contributed by atoms with van der Waals surface area (Å²) in [5.41, 5.74) is 6.32. The minimum atomic E-state index is -0.223. The molecule has 0 saturated carbocycles. The van der Waals surface area contributed by atoms with Crippen LogP contribution in [0.4, 0.5) is 0 Å². The molecule has 2 aromatic carbocycles. The minimum Gasteiger partial charge on any atom is -0.273 e. The van der Waals surface area contributed by atoms with Crippen LogP contribution in [0.1, 0.15) is 24.0 Å². The Morgan fingerprint density at radius 2 is 1.16 bits per heavy atom. The smallest absolute Gasteiger partial charge is 0.240 e. The van der Waals surface area contributed by atoms with Gasteiger partial charge in [-0.25, -0.2) is 10.9 Å². The number of nitrogens with one attached hydrogen (secondary N) is 2. The van der Waals surface area contributed by atoms with E-state index in [2.05, 4.69) is 21.1 Å². The fourth-order valence-corrected chi connectivity index (χ4v) is 3.56. The van der Waals surface area contributed by atoms with Crippen LogP contribution in [0.2, 0.25) is 20.1 Å². The van der Waals surface area contributed by atoms with Gasteiger partial charge < -0.3 is 0 Å². The maximum atomic E-state index is 11.8. The molecule has 2 rings (SSSR count). The summed E-state index contributed by atoms with van der Waals surface area (Å²) >= 11 is 25.0. The number of rotatable bonds is 10. The SMILES string of the molecule is O=C(CCSCCC(=O)NN=Cc1ccc(Cl)c(Cl)c1)NN=Cc1ccc(Cl)c(Cl)c1. The van der Waals surface area contributed by atoms with Crippen molar-refractivity contribution < 1.29 is 9.59 Å². The molecule has 6 nitrogen and oxygen atoms in total. The number of carbonyl (C=O) groups is 2. The van der Waals surface area contributed by atoms with Crippen LogP contribution in [-0.4, -0.2) is 35.7 Å². The van der Waals surface area contributed by atoms with Gasteiger partial charge in [-0.05, 0) is 35.4 Å². The lowest BCUT2D eigenvalue weighted by atomic mass is 10.2. The van der Waals surface area contributed by atoms with Gasteiger partial charge in [0.1, 0.15) is 0 Å². The highest BCUT2D eigenvalue weighted by molar-refractivity contribution is 7.99. The van der Waals surface area contributed by atoms with Crippen LogP contribution in [0.5, 0.6) is 0 Å². The zero-order valence-electron chi connectivity index (χ0n) is 16.1. The van der Waals surface area contributed by atoms with E-state index in [1.165, 1.54) is 24.2 Å². The van der Waals surface area contributed by atoms with E-state index < -0.39 is 0 Å². The van der Waals surface area contributed by atoms with Crippen molar-refractivity contribution in [2.45, 2.75) is 12.8 Å². The minimum absolute atomic E-state index is 0.223. The van der Waals surface area contributed by atoms with Crippen LogP contribution in [0.25, 0.3) is 0 Å². The lowest BCUT2D eigenvalue weighted by molar-refractivity contribution is -0.121. The molecule has 0 fully saturated rings. The predicted molar refractivity (Wildman–Crippen MR) is 131 cm³/mol. The highest BCUT2D eigenvalue weighted by Crippen LogP contribution is 2.22. The van der Waals surface area contributed by atoms with Crippen LogP contribution in [0.3, 0.4) is 0 Å². The van der Waals surface area contributed by atoms with Crippen LogP contribution in [-0.2, 0) is 9.59 Å². The highest BCUT2D eigenvalue weighted by atomic mass is 35.5. The lowest BCUT2D eigenvalue weighted by Crippen LogP contribution is -2.19. The van der Waals surface area contributed by atoms with Gasteiger partial charge in [-0.2, -0.15) is 22.0 Å². The molecule has 0 heterocycles. The van der Waals surface area contributed by atoms with E-state index in [0.29, 0.717) is 31.6 Å². The van der Waals surface area contributed by atoms with Gasteiger partial charge in [-0.1, -0.05) is 58.5 Å². The molecule has 2 N–H and O–H groups in total. The average molecular weight is 520 g/mol. The van der Waals surface area contributed by atoms with Crippen molar-refractivity contribution in [2.24, 2.45) is 10.2 Å². The zero-order valence-corrected chi connectivity index (χ0v) is 19.9. The van der Waals surface area contributed by atoms with Gasteiger partial charge in [-0.3, -0.25) is 9.59 Å². The molecule has 2 amide bonds. The maximum absolute atomic E-state index is 11.8. The number of amides is 2. The lowest BCUT2D eigenvalue weighted by Gasteiger charge is -2.02. The Bertz CT molecular complexity index is 908. The summed E-state index contributed by atoms with van der Waals surface area (Å²) in [6.45, 7) is 0. The predicted octanol–water partition coefficient (Wildman–Crippen LogP) is 5.41. The molecule has 0 bridgehead atoms. The molecule has 0 aliphatic heterocycles. The van der Waals surface area contributed by atoms with Gasteiger partial charge in [0.25, 0.3) is 0 Å². The first-order valence-corrected chi connectivity index (χ1v) is 11.6. The molecule has 2 aromatic rings. The van der Waals surface area contributed by atoms with Crippen molar-refractivity contribution in [1.82, 2.24) is 10.9 Å². The number of hydrogen-bond acceptors (Lipinski definition) is 5. The molecule has 11 heteroatoms. The third-order valence-corrected chi connectivity index (χ3v) is 6.10. The summed E-state index contributed by atoms with van der Waals surface area (Å²) in [4.78, 5) is 23.5. The molecule has 31 heavy (non-hydrogen) atoms. The van der Waals surface area contributed by atoms with Gasteiger partial charge in [-0.15, -0.1) is 0 Å². The van der Waals surface area contributed by atoms with E-state index >= 15 is 0 Å². The number of hydrazone groups is 2. The topological polar surface area (TPSA) is 82.9 Å². The van der Waals surface area contributed by atoms with Crippen LogP contribution in [0.15, 0.2) is 46.6 Å². The molecule has 0 aliphatic carbocycles. The number of nitrogens with zero attached hydrogens (tertiary/aromatic N) is 2. The molecule has 0 aliphatic rings. The Balaban J connectivity index is 1.57. The van der Waals surface area contributed by atoms with Crippen LogP contribution < -0.4 is 10.9 Å². The van der Waals surface area contributed by atoms with Gasteiger partial charge in [0.05, 0.1) is 32.5 Å². The first kappa shape index (κ1) is 25.5. The fraction of sp³-hybridized carbons (Fsp3) is 0.200. The Morgan fingerprint density at radius 1 is 0.742 bits per heavy atom. The summed E-state index contributed by atoms with van der Waals surface area (Å²) < 4.78 is 0. The van der Waals surface area contributed by atoms with Crippen molar-refractivity contribution in [3.05, 3.63) is 67.6 Å². The highest BCUT2D eigenvalue weighted by Gasteiger charge is 2.03. The Kier molecular flexibility index (Phi) is 11.2. The van der Waals surface area contributed by atoms with Crippen molar-refractivity contribution in [3.8, 4) is 0 Å². The molecule has 0 spiro atoms. The van der Waals surface area contributed by atoms with Gasteiger partial charge >= 0.3 is 0 Å². The Morgan fingerprint density at radius 3 is 1.55 bits per heavy atom. The van der Waals surface area contributed by atoms with Crippen LogP contribution in [0, 0.1) is 0 Å². The Hall–Kier alpha value is -1.77. The summed E-state index contributed by atoms with van der Waals surface area (Å²) in [7, 11) is 0. The monoisotopic (exact) mass is 518 g/mol. The molecule has 164 valence electrons. The molecule has 0 atom stereocenters. The standard InChI is InChI=1S/C20H18Cl4N4O2S/c21-15-3-1-13(9-17(15)23)11-25-27-19(29)5-7-31-8-6-20(30)28-26-12-14-2-4-16(22)18(24)10-14/h1-4,9-12H,5-8H2,(H,27,29)(H,28,30). The second-order valence-electron chi connectivity index (χ2n) is 6.05. The summed E-state index contributed by atoms with van der Waals surface area (Å²) in [5.74, 6) is 0.681. The molecule has 0 aromatic heterocycles. The van der Waals surface area contributed by atoms with E-state index in [-0.39, 0.29) is 24.7 Å². The van der Waals surface area contributed by atoms with Gasteiger partial charge in [0.2, 0.25) is 11.8 Å². The molecule has 0 radical (unpaired) electrons. The van der Waals surface area contributed by atoms with E-state index in [1.54, 1.807) is 36.4 Å². The number of benzene rings is 2. The maximum Gasteiger partial charge on any atom is 0.240 e. The van der Waals surface area contributed by atoms with Crippen molar-refractivity contribution in [1.29, 1.82) is 0 Å². The second kappa shape index (κ2) is 13.6. The molecule has 0 unspecified atom stereocenters.